The van der Waals surface area contributed by atoms with Crippen LogP contribution in [0.4, 0.5) is 0 Å². The van der Waals surface area contributed by atoms with Crippen LogP contribution in [0, 0.1) is 0 Å². The van der Waals surface area contributed by atoms with E-state index in [0.717, 1.165) is 24.8 Å². The molecule has 1 aromatic heterocycles. The summed E-state index contributed by atoms with van der Waals surface area (Å²) < 4.78 is 5.16. The number of carbonyl (C=O) groups excluding carboxylic acids is 1. The first-order chi connectivity index (χ1) is 11.2. The van der Waals surface area contributed by atoms with Crippen molar-refractivity contribution in [3.63, 3.8) is 0 Å². The van der Waals surface area contributed by atoms with Gasteiger partial charge in [0.25, 0.3) is 5.91 Å². The number of aromatic amines is 1. The summed E-state index contributed by atoms with van der Waals surface area (Å²) in [6.45, 7) is 0.649. The number of nitrogens with one attached hydrogen (secondary N) is 1. The van der Waals surface area contributed by atoms with Crippen LogP contribution in [0.25, 0.3) is 0 Å². The minimum atomic E-state index is -1.18. The summed E-state index contributed by atoms with van der Waals surface area (Å²) >= 11 is 0. The van der Waals surface area contributed by atoms with Crippen LogP contribution < -0.4 is 4.74 Å². The van der Waals surface area contributed by atoms with Gasteiger partial charge in [-0.25, -0.2) is 0 Å². The SMILES string of the molecule is COc1cccc(C(O)C(=O)N2CCCCC2c2cn[nH]c2)c1. The number of aliphatic hydroxyl groups is 1. The average Bonchev–Trinajstić information content (AvgIpc) is 3.15. The van der Waals surface area contributed by atoms with Gasteiger partial charge in [-0.1, -0.05) is 12.1 Å². The lowest BCUT2D eigenvalue weighted by Gasteiger charge is -2.36. The topological polar surface area (TPSA) is 78.5 Å². The van der Waals surface area contributed by atoms with Gasteiger partial charge < -0.3 is 14.7 Å². The van der Waals surface area contributed by atoms with Gasteiger partial charge in [-0.2, -0.15) is 5.10 Å². The number of rotatable bonds is 4. The number of piperidine rings is 1. The predicted octanol–water partition coefficient (Wildman–Crippen LogP) is 2.21. The Bertz CT molecular complexity index is 657. The van der Waals surface area contributed by atoms with E-state index in [4.69, 9.17) is 4.74 Å². The van der Waals surface area contributed by atoms with Gasteiger partial charge in [-0.15, -0.1) is 0 Å². The summed E-state index contributed by atoms with van der Waals surface area (Å²) in [6.07, 6.45) is 5.27. The van der Waals surface area contributed by atoms with Crippen molar-refractivity contribution in [2.75, 3.05) is 13.7 Å². The number of aliphatic hydroxyl groups excluding tert-OH is 1. The molecule has 1 amide bonds. The molecule has 2 atom stereocenters. The minimum absolute atomic E-state index is 0.0322. The van der Waals surface area contributed by atoms with Crippen molar-refractivity contribution < 1.29 is 14.6 Å². The third-order valence-corrected chi connectivity index (χ3v) is 4.33. The first kappa shape index (κ1) is 15.6. The lowest BCUT2D eigenvalue weighted by Crippen LogP contribution is -2.41. The van der Waals surface area contributed by atoms with Crippen molar-refractivity contribution in [2.24, 2.45) is 0 Å². The zero-order valence-electron chi connectivity index (χ0n) is 13.1. The summed E-state index contributed by atoms with van der Waals surface area (Å²) in [5.74, 6) is 0.350. The number of hydrogen-bond acceptors (Lipinski definition) is 4. The van der Waals surface area contributed by atoms with Gasteiger partial charge in [0.2, 0.25) is 0 Å². The molecular formula is C17H21N3O3. The van der Waals surface area contributed by atoms with Crippen molar-refractivity contribution in [1.29, 1.82) is 0 Å². The molecule has 6 heteroatoms. The average molecular weight is 315 g/mol. The van der Waals surface area contributed by atoms with E-state index in [0.29, 0.717) is 17.9 Å². The standard InChI is InChI=1S/C17H21N3O3/c1-23-14-6-4-5-12(9-14)16(21)17(22)20-8-3-2-7-15(20)13-10-18-19-11-13/h4-6,9-11,15-16,21H,2-3,7-8H2,1H3,(H,18,19). The summed E-state index contributed by atoms with van der Waals surface area (Å²) in [7, 11) is 1.56. The molecule has 2 heterocycles. The molecule has 0 aliphatic carbocycles. The Balaban J connectivity index is 1.82. The Kier molecular flexibility index (Phi) is 4.62. The Labute approximate surface area is 135 Å². The summed E-state index contributed by atoms with van der Waals surface area (Å²) in [5, 5.41) is 17.3. The quantitative estimate of drug-likeness (QED) is 0.906. The van der Waals surface area contributed by atoms with E-state index in [1.807, 2.05) is 6.20 Å². The zero-order chi connectivity index (χ0) is 16.2. The third-order valence-electron chi connectivity index (χ3n) is 4.33. The third kappa shape index (κ3) is 3.22. The van der Waals surface area contributed by atoms with Crippen molar-refractivity contribution in [3.05, 3.63) is 47.8 Å². The van der Waals surface area contributed by atoms with Gasteiger partial charge in [0.1, 0.15) is 5.75 Å². The maximum absolute atomic E-state index is 12.8. The van der Waals surface area contributed by atoms with Crippen LogP contribution in [0.2, 0.25) is 0 Å². The summed E-state index contributed by atoms with van der Waals surface area (Å²) in [5.41, 5.74) is 1.53. The van der Waals surface area contributed by atoms with E-state index in [2.05, 4.69) is 10.2 Å². The van der Waals surface area contributed by atoms with Crippen molar-refractivity contribution in [1.82, 2.24) is 15.1 Å². The molecule has 1 aliphatic heterocycles. The second kappa shape index (κ2) is 6.83. The van der Waals surface area contributed by atoms with Crippen LogP contribution in [-0.2, 0) is 4.79 Å². The fourth-order valence-corrected chi connectivity index (χ4v) is 3.10. The minimum Gasteiger partial charge on any atom is -0.497 e. The highest BCUT2D eigenvalue weighted by molar-refractivity contribution is 5.82. The van der Waals surface area contributed by atoms with Gasteiger partial charge in [-0.05, 0) is 37.0 Å². The van der Waals surface area contributed by atoms with Crippen molar-refractivity contribution >= 4 is 5.91 Å². The van der Waals surface area contributed by atoms with Gasteiger partial charge >= 0.3 is 0 Å². The Morgan fingerprint density at radius 3 is 3.09 bits per heavy atom. The first-order valence-electron chi connectivity index (χ1n) is 7.82. The van der Waals surface area contributed by atoms with Crippen molar-refractivity contribution in [2.45, 2.75) is 31.4 Å². The predicted molar refractivity (Wildman–Crippen MR) is 84.8 cm³/mol. The van der Waals surface area contributed by atoms with Crippen LogP contribution >= 0.6 is 0 Å². The Hall–Kier alpha value is -2.34. The van der Waals surface area contributed by atoms with E-state index in [1.54, 1.807) is 42.5 Å². The number of H-pyrrole nitrogens is 1. The largest absolute Gasteiger partial charge is 0.497 e. The number of aromatic nitrogens is 2. The van der Waals surface area contributed by atoms with E-state index >= 15 is 0 Å². The number of ether oxygens (including phenoxy) is 1. The zero-order valence-corrected chi connectivity index (χ0v) is 13.1. The molecule has 122 valence electrons. The fourth-order valence-electron chi connectivity index (χ4n) is 3.10. The summed E-state index contributed by atoms with van der Waals surface area (Å²) in [4.78, 5) is 14.6. The second-order valence-corrected chi connectivity index (χ2v) is 5.75. The molecule has 1 saturated heterocycles. The first-order valence-corrected chi connectivity index (χ1v) is 7.82. The molecule has 23 heavy (non-hydrogen) atoms. The molecule has 0 spiro atoms. The molecule has 2 N–H and O–H groups in total. The normalized spacial score (nSPS) is 19.4. The maximum atomic E-state index is 12.8. The van der Waals surface area contributed by atoms with Gasteiger partial charge in [0.05, 0.1) is 19.3 Å². The smallest absolute Gasteiger partial charge is 0.256 e. The van der Waals surface area contributed by atoms with Crippen molar-refractivity contribution in [3.8, 4) is 5.75 Å². The van der Waals surface area contributed by atoms with Gasteiger partial charge in [0, 0.05) is 18.3 Å². The molecule has 6 nitrogen and oxygen atoms in total. The second-order valence-electron chi connectivity index (χ2n) is 5.75. The Morgan fingerprint density at radius 1 is 1.48 bits per heavy atom. The lowest BCUT2D eigenvalue weighted by atomic mass is 9.96. The van der Waals surface area contributed by atoms with Crippen LogP contribution in [0.15, 0.2) is 36.7 Å². The van der Waals surface area contributed by atoms with Crippen LogP contribution in [0.5, 0.6) is 5.75 Å². The molecule has 3 rings (SSSR count). The molecule has 2 aromatic rings. The number of hydrogen-bond donors (Lipinski definition) is 2. The molecule has 1 fully saturated rings. The molecule has 1 aliphatic rings. The summed E-state index contributed by atoms with van der Waals surface area (Å²) in [6, 6.07) is 6.96. The molecular weight excluding hydrogens is 294 g/mol. The highest BCUT2D eigenvalue weighted by atomic mass is 16.5. The van der Waals surface area contributed by atoms with Gasteiger partial charge in [0.15, 0.2) is 6.10 Å². The number of carbonyl (C=O) groups is 1. The lowest BCUT2D eigenvalue weighted by molar-refractivity contribution is -0.144. The monoisotopic (exact) mass is 315 g/mol. The number of methoxy groups -OCH3 is 1. The van der Waals surface area contributed by atoms with Crippen LogP contribution in [0.1, 0.15) is 42.5 Å². The number of benzene rings is 1. The molecule has 1 aromatic carbocycles. The van der Waals surface area contributed by atoms with Gasteiger partial charge in [-0.3, -0.25) is 9.89 Å². The van der Waals surface area contributed by atoms with E-state index in [9.17, 15) is 9.90 Å². The fraction of sp³-hybridized carbons (Fsp3) is 0.412. The van der Waals surface area contributed by atoms with E-state index < -0.39 is 6.10 Å². The van der Waals surface area contributed by atoms with Crippen LogP contribution in [0.3, 0.4) is 0 Å². The molecule has 0 radical (unpaired) electrons. The Morgan fingerprint density at radius 2 is 2.35 bits per heavy atom. The van der Waals surface area contributed by atoms with E-state index in [1.165, 1.54) is 0 Å². The highest BCUT2D eigenvalue weighted by Gasteiger charge is 2.32. The number of nitrogens with zero attached hydrogens (tertiary/aromatic N) is 2. The molecule has 0 bridgehead atoms. The van der Waals surface area contributed by atoms with E-state index in [-0.39, 0.29) is 11.9 Å². The molecule has 2 unspecified atom stereocenters. The number of amides is 1. The molecule has 0 saturated carbocycles. The van der Waals surface area contributed by atoms with Crippen LogP contribution in [-0.4, -0.2) is 39.8 Å². The number of likely N-dealkylation sites (tertiary alicyclic amines) is 1. The maximum Gasteiger partial charge on any atom is 0.256 e. The highest BCUT2D eigenvalue weighted by Crippen LogP contribution is 2.33.